The van der Waals surface area contributed by atoms with E-state index in [1.54, 1.807) is 11.1 Å². The predicted molar refractivity (Wildman–Crippen MR) is 255 cm³/mol. The van der Waals surface area contributed by atoms with Crippen molar-refractivity contribution in [3.8, 4) is 0 Å². The highest BCUT2D eigenvalue weighted by molar-refractivity contribution is 5.88. The van der Waals surface area contributed by atoms with Crippen molar-refractivity contribution in [2.24, 2.45) is 0 Å². The van der Waals surface area contributed by atoms with E-state index in [4.69, 9.17) is 19.3 Å². The van der Waals surface area contributed by atoms with Crippen molar-refractivity contribution in [2.45, 2.75) is 129 Å². The lowest BCUT2D eigenvalue weighted by Crippen LogP contribution is -2.59. The molecule has 1 atom stereocenters. The smallest absolute Gasteiger partial charge is 0.450 e. The number of amides is 3. The number of carbonyl (C=O) groups excluding carboxylic acids is 3. The molecule has 2 aromatic carbocycles. The number of aryl methyl sites for hydroxylation is 1. The molecule has 4 aromatic rings. The molecule has 67 heavy (non-hydrogen) atoms. The highest BCUT2D eigenvalue weighted by Gasteiger charge is 2.34. The van der Waals surface area contributed by atoms with Gasteiger partial charge < -0.3 is 39.3 Å². The second-order valence-corrected chi connectivity index (χ2v) is 18.6. The molecular weight excluding hydrogens is 857 g/mol. The van der Waals surface area contributed by atoms with Crippen molar-refractivity contribution in [1.29, 1.82) is 0 Å². The molecule has 3 amide bonds. The Morgan fingerprint density at radius 1 is 0.791 bits per heavy atom. The van der Waals surface area contributed by atoms with E-state index in [1.807, 2.05) is 54.3 Å². The van der Waals surface area contributed by atoms with Crippen LogP contribution in [0.3, 0.4) is 0 Å². The summed E-state index contributed by atoms with van der Waals surface area (Å²) in [5.74, 6) is -0.276. The molecule has 0 spiro atoms. The molecule has 2 aromatic heterocycles. The van der Waals surface area contributed by atoms with Gasteiger partial charge in [-0.25, -0.2) is 19.1 Å². The normalized spacial score (nSPS) is 17.2. The molecule has 7 rings (SSSR count). The van der Waals surface area contributed by atoms with Gasteiger partial charge in [-0.15, -0.1) is 0 Å². The number of urea groups is 1. The Kier molecular flexibility index (Phi) is 17.5. The van der Waals surface area contributed by atoms with E-state index in [1.165, 1.54) is 41.4 Å². The average Bonchev–Trinajstić information content (AvgIpc) is 3.75. The van der Waals surface area contributed by atoms with Crippen molar-refractivity contribution in [2.75, 3.05) is 66.0 Å². The van der Waals surface area contributed by atoms with Crippen LogP contribution in [0.2, 0.25) is 0 Å². The van der Waals surface area contributed by atoms with E-state index in [0.29, 0.717) is 56.1 Å². The molecule has 1 unspecified atom stereocenters. The number of unbranched alkanes of at least 4 members (excludes halogenated alkanes) is 7. The van der Waals surface area contributed by atoms with Crippen LogP contribution in [0.25, 0.3) is 21.8 Å². The Labute approximate surface area is 393 Å². The summed E-state index contributed by atoms with van der Waals surface area (Å²) < 4.78 is 18.6. The Morgan fingerprint density at radius 3 is 2.21 bits per heavy atom. The number of hydrogen-bond donors (Lipinski definition) is 2. The van der Waals surface area contributed by atoms with E-state index in [-0.39, 0.29) is 49.9 Å². The zero-order valence-corrected chi connectivity index (χ0v) is 39.7. The van der Waals surface area contributed by atoms with Gasteiger partial charge in [0.05, 0.1) is 23.8 Å². The Morgan fingerprint density at radius 2 is 1.49 bits per heavy atom. The molecule has 3 fully saturated rings. The van der Waals surface area contributed by atoms with Gasteiger partial charge in [0.25, 0.3) is 5.56 Å². The highest BCUT2D eigenvalue weighted by atomic mass is 16.7. The van der Waals surface area contributed by atoms with Gasteiger partial charge in [-0.2, -0.15) is 5.10 Å². The zero-order valence-electron chi connectivity index (χ0n) is 39.7. The lowest BCUT2D eigenvalue weighted by molar-refractivity contribution is -0.135. The molecule has 2 N–H and O–H groups in total. The van der Waals surface area contributed by atoms with E-state index < -0.39 is 18.4 Å². The molecule has 364 valence electrons. The number of fused-ring (bicyclic) bond motifs is 2. The molecule has 17 nitrogen and oxygen atoms in total. The predicted octanol–water partition coefficient (Wildman–Crippen LogP) is 7.30. The number of nitrogens with one attached hydrogen (secondary N) is 1. The molecule has 0 bridgehead atoms. The van der Waals surface area contributed by atoms with Crippen molar-refractivity contribution < 1.29 is 38.5 Å². The minimum absolute atomic E-state index is 0.134. The topological polar surface area (TPSA) is 181 Å². The first kappa shape index (κ1) is 49.2. The van der Waals surface area contributed by atoms with Crippen molar-refractivity contribution >= 4 is 46.1 Å². The molecule has 3 saturated heterocycles. The first-order valence-corrected chi connectivity index (χ1v) is 24.5. The maximum absolute atomic E-state index is 14.5. The van der Waals surface area contributed by atoms with E-state index in [0.717, 1.165) is 85.7 Å². The third kappa shape index (κ3) is 13.1. The standard InChI is InChI=1S/C50H70N8O9/c1-4-5-6-7-8-9-10-13-28-65-50(64)67-34-57-44-15-12-11-14-39(44)32-42(46(57)59)38-16-22-56(23-17-38)48(61)52-43(47(60)55-26-24-54(25-27-55)41-18-20-53(3)21-19-41)31-37-29-36(2)45-40(30-37)33-51-58(45)35-66-49(62)63/h11-12,14-15,29-30,32-33,38,41,43H,4-10,13,16-28,31,34-35H2,1-3H3,(H,52,61)(H,62,63). The van der Waals surface area contributed by atoms with Gasteiger partial charge in [0.1, 0.15) is 6.04 Å². The van der Waals surface area contributed by atoms with Gasteiger partial charge in [0.15, 0.2) is 13.5 Å². The van der Waals surface area contributed by atoms with E-state index in [2.05, 4.69) is 34.2 Å². The quantitative estimate of drug-likeness (QED) is 0.0709. The molecule has 3 aliphatic heterocycles. The van der Waals surface area contributed by atoms with Crippen LogP contribution in [0.4, 0.5) is 14.4 Å². The number of pyridine rings is 1. The monoisotopic (exact) mass is 927 g/mol. The number of aromatic nitrogens is 3. The summed E-state index contributed by atoms with van der Waals surface area (Å²) in [6.07, 6.45) is 12.0. The molecule has 0 saturated carbocycles. The van der Waals surface area contributed by atoms with Gasteiger partial charge in [0.2, 0.25) is 5.91 Å². The lowest BCUT2D eigenvalue weighted by Gasteiger charge is -2.43. The number of rotatable bonds is 19. The maximum atomic E-state index is 14.5. The number of carbonyl (C=O) groups is 4. The van der Waals surface area contributed by atoms with Gasteiger partial charge >= 0.3 is 18.3 Å². The number of ether oxygens (including phenoxy) is 3. The summed E-state index contributed by atoms with van der Waals surface area (Å²) in [5.41, 5.74) is 3.40. The summed E-state index contributed by atoms with van der Waals surface area (Å²) in [6.45, 7) is 9.45. The maximum Gasteiger partial charge on any atom is 0.510 e. The van der Waals surface area contributed by atoms with Crippen molar-refractivity contribution in [3.05, 3.63) is 75.7 Å². The fourth-order valence-electron chi connectivity index (χ4n) is 10.1. The van der Waals surface area contributed by atoms with Crippen LogP contribution in [-0.4, -0.2) is 141 Å². The number of nitrogens with zero attached hydrogens (tertiary/aromatic N) is 7. The summed E-state index contributed by atoms with van der Waals surface area (Å²) in [4.78, 5) is 74.9. The molecule has 0 radical (unpaired) electrons. The number of piperidine rings is 2. The van der Waals surface area contributed by atoms with E-state index in [9.17, 15) is 24.0 Å². The molecular formula is C50H70N8O9. The number of para-hydroxylation sites is 1. The van der Waals surface area contributed by atoms with Crippen LogP contribution < -0.4 is 10.9 Å². The minimum Gasteiger partial charge on any atom is -0.450 e. The highest BCUT2D eigenvalue weighted by Crippen LogP contribution is 2.29. The van der Waals surface area contributed by atoms with Gasteiger partial charge in [-0.05, 0) is 99.8 Å². The first-order chi connectivity index (χ1) is 32.5. The summed E-state index contributed by atoms with van der Waals surface area (Å²) in [6, 6.07) is 12.6. The summed E-state index contributed by atoms with van der Waals surface area (Å²) in [5, 5.41) is 18.1. The van der Waals surface area contributed by atoms with Crippen LogP contribution in [0, 0.1) is 6.92 Å². The Bertz CT molecular complexity index is 2360. The van der Waals surface area contributed by atoms with Crippen molar-refractivity contribution in [3.63, 3.8) is 0 Å². The third-order valence-corrected chi connectivity index (χ3v) is 13.9. The van der Waals surface area contributed by atoms with Gasteiger partial charge in [-0.1, -0.05) is 76.1 Å². The van der Waals surface area contributed by atoms with Gasteiger partial charge in [-0.3, -0.25) is 19.1 Å². The average molecular weight is 927 g/mol. The number of benzene rings is 2. The number of piperazine rings is 1. The number of hydrogen-bond acceptors (Lipinski definition) is 11. The third-order valence-electron chi connectivity index (χ3n) is 13.9. The molecule has 3 aliphatic rings. The zero-order chi connectivity index (χ0) is 47.3. The van der Waals surface area contributed by atoms with Crippen LogP contribution in [0.1, 0.15) is 107 Å². The minimum atomic E-state index is -1.40. The summed E-state index contributed by atoms with van der Waals surface area (Å²) in [7, 11) is 2.16. The largest absolute Gasteiger partial charge is 0.510 e. The Hall–Kier alpha value is -5.68. The molecule has 17 heteroatoms. The van der Waals surface area contributed by atoms with Crippen molar-refractivity contribution in [1.82, 2.24) is 39.3 Å². The lowest BCUT2D eigenvalue weighted by atomic mass is 9.89. The second-order valence-electron chi connectivity index (χ2n) is 18.6. The SMILES string of the molecule is CCCCCCCCCCOC(=O)OCn1c(=O)c(C2CCN(C(=O)NC(Cc3cc(C)c4c(cnn4COC(=O)O)c3)C(=O)N3CCN(C4CCN(C)CC4)CC3)CC2)cc2ccccc21. The molecule has 5 heterocycles. The summed E-state index contributed by atoms with van der Waals surface area (Å²) >= 11 is 0. The Balaban J connectivity index is 0.989. The number of likely N-dealkylation sites (tertiary alicyclic amines) is 2. The molecule has 0 aliphatic carbocycles. The first-order valence-electron chi connectivity index (χ1n) is 24.5. The van der Waals surface area contributed by atoms with Crippen LogP contribution in [0.15, 0.2) is 53.5 Å². The number of carboxylic acid groups (broad SMARTS) is 1. The van der Waals surface area contributed by atoms with Crippen LogP contribution >= 0.6 is 0 Å². The van der Waals surface area contributed by atoms with Crippen LogP contribution in [-0.2, 0) is 38.9 Å². The van der Waals surface area contributed by atoms with E-state index >= 15 is 0 Å². The second kappa shape index (κ2) is 23.9. The van der Waals surface area contributed by atoms with Crippen LogP contribution in [0.5, 0.6) is 0 Å². The fraction of sp³-hybridized carbons (Fsp3) is 0.600. The van der Waals surface area contributed by atoms with Gasteiger partial charge in [0, 0.05) is 62.7 Å². The fourth-order valence-corrected chi connectivity index (χ4v) is 10.1.